The van der Waals surface area contributed by atoms with Gasteiger partial charge in [0.25, 0.3) is 0 Å². The molecule has 44 heavy (non-hydrogen) atoms. The van der Waals surface area contributed by atoms with E-state index in [0.29, 0.717) is 18.8 Å². The minimum absolute atomic E-state index is 0. The molecule has 0 saturated carbocycles. The van der Waals surface area contributed by atoms with Crippen LogP contribution in [0.25, 0.3) is 0 Å². The topological polar surface area (TPSA) is 103 Å². The number of hydrogen-bond acceptors (Lipinski definition) is 4. The highest BCUT2D eigenvalue weighted by Gasteiger charge is 2.15. The largest absolute Gasteiger partial charge is 0.726 e. The van der Waals surface area contributed by atoms with Crippen LogP contribution in [-0.2, 0) is 14.6 Å². The molecule has 6 heteroatoms. The van der Waals surface area contributed by atoms with E-state index in [0.717, 1.165) is 6.42 Å². The highest BCUT2D eigenvalue weighted by atomic mass is 32.3. The van der Waals surface area contributed by atoms with Gasteiger partial charge in [-0.25, -0.2) is 8.42 Å². The number of hydrogen-bond donors (Lipinski definition) is 1. The SMILES string of the molecule is CCCCCCCCCCCCCCCCC(CCCCCCCCCCCCCCCC)CCC(CC)OS(=O)(=O)[O-].[NH4+]. The summed E-state index contributed by atoms with van der Waals surface area (Å²) in [5.74, 6) is 0.627. The lowest BCUT2D eigenvalue weighted by atomic mass is 9.89. The summed E-state index contributed by atoms with van der Waals surface area (Å²) in [6, 6.07) is 0. The van der Waals surface area contributed by atoms with Crippen molar-refractivity contribution in [3.05, 3.63) is 0 Å². The minimum atomic E-state index is -4.62. The van der Waals surface area contributed by atoms with Gasteiger partial charge >= 0.3 is 0 Å². The van der Waals surface area contributed by atoms with Gasteiger partial charge in [-0.2, -0.15) is 0 Å². The summed E-state index contributed by atoms with van der Waals surface area (Å²) in [5, 5.41) is 0. The maximum absolute atomic E-state index is 11.1. The lowest BCUT2D eigenvalue weighted by Gasteiger charge is -2.22. The van der Waals surface area contributed by atoms with Crippen LogP contribution in [0.15, 0.2) is 0 Å². The summed E-state index contributed by atoms with van der Waals surface area (Å²) in [6.07, 6.45) is 43.0. The van der Waals surface area contributed by atoms with E-state index in [1.54, 1.807) is 0 Å². The predicted molar refractivity (Wildman–Crippen MR) is 193 cm³/mol. The van der Waals surface area contributed by atoms with Crippen molar-refractivity contribution in [2.45, 2.75) is 239 Å². The van der Waals surface area contributed by atoms with Gasteiger partial charge in [0.05, 0.1) is 6.10 Å². The first-order chi connectivity index (χ1) is 20.9. The van der Waals surface area contributed by atoms with E-state index >= 15 is 0 Å². The Balaban J connectivity index is 0. The molecule has 0 spiro atoms. The molecule has 0 aromatic rings. The Morgan fingerprint density at radius 3 is 0.955 bits per heavy atom. The molecular weight excluding hydrogens is 566 g/mol. The Morgan fingerprint density at radius 2 is 0.705 bits per heavy atom. The average Bonchev–Trinajstić information content (AvgIpc) is 2.98. The third kappa shape index (κ3) is 36.3. The van der Waals surface area contributed by atoms with E-state index in [9.17, 15) is 13.0 Å². The second-order valence-electron chi connectivity index (χ2n) is 13.7. The molecule has 5 nitrogen and oxygen atoms in total. The smallest absolute Gasteiger partial charge is 0.217 e. The Morgan fingerprint density at radius 1 is 0.432 bits per heavy atom. The highest BCUT2D eigenvalue weighted by Crippen LogP contribution is 2.26. The Bertz CT molecular complexity index is 611. The van der Waals surface area contributed by atoms with Crippen LogP contribution < -0.4 is 6.15 Å². The van der Waals surface area contributed by atoms with Crippen LogP contribution in [0, 0.1) is 5.92 Å². The van der Waals surface area contributed by atoms with Crippen molar-refractivity contribution in [3.8, 4) is 0 Å². The zero-order valence-corrected chi connectivity index (χ0v) is 31.3. The molecule has 0 fully saturated rings. The normalized spacial score (nSPS) is 12.6. The van der Waals surface area contributed by atoms with Crippen LogP contribution in [0.1, 0.15) is 233 Å². The van der Waals surface area contributed by atoms with E-state index in [1.165, 1.54) is 193 Å². The molecule has 0 saturated heterocycles. The van der Waals surface area contributed by atoms with Gasteiger partial charge < -0.3 is 10.7 Å². The molecule has 0 radical (unpaired) electrons. The minimum Gasteiger partial charge on any atom is -0.726 e. The molecule has 0 amide bonds. The van der Waals surface area contributed by atoms with Gasteiger partial charge in [0.1, 0.15) is 0 Å². The van der Waals surface area contributed by atoms with Crippen LogP contribution >= 0.6 is 0 Å². The summed E-state index contributed by atoms with van der Waals surface area (Å²) in [6.45, 7) is 6.48. The number of quaternary nitrogens is 1. The van der Waals surface area contributed by atoms with Gasteiger partial charge in [-0.05, 0) is 25.2 Å². The maximum Gasteiger partial charge on any atom is 0.217 e. The zero-order valence-electron chi connectivity index (χ0n) is 30.5. The fourth-order valence-corrected chi connectivity index (χ4v) is 7.16. The van der Waals surface area contributed by atoms with Crippen molar-refractivity contribution < 1.29 is 17.2 Å². The quantitative estimate of drug-likeness (QED) is 0.0415. The zero-order chi connectivity index (χ0) is 31.7. The van der Waals surface area contributed by atoms with Crippen LogP contribution in [0.4, 0.5) is 0 Å². The Labute approximate surface area is 277 Å². The van der Waals surface area contributed by atoms with Gasteiger partial charge in [-0.15, -0.1) is 0 Å². The molecule has 0 aliphatic heterocycles. The van der Waals surface area contributed by atoms with Crippen LogP contribution in [0.3, 0.4) is 0 Å². The Kier molecular flexibility index (Phi) is 37.3. The van der Waals surface area contributed by atoms with Crippen LogP contribution in [0.5, 0.6) is 0 Å². The van der Waals surface area contributed by atoms with Crippen LogP contribution in [0.2, 0.25) is 0 Å². The summed E-state index contributed by atoms with van der Waals surface area (Å²) >= 11 is 0. The summed E-state index contributed by atoms with van der Waals surface area (Å²) in [7, 11) is -4.62. The summed E-state index contributed by atoms with van der Waals surface area (Å²) < 4.78 is 38.1. The number of unbranched alkanes of at least 4 members (excludes halogenated alkanes) is 26. The number of rotatable bonds is 36. The van der Waals surface area contributed by atoms with Gasteiger partial charge in [-0.1, -0.05) is 213 Å². The monoisotopic (exact) mass is 648 g/mol. The molecule has 0 rings (SSSR count). The predicted octanol–water partition coefficient (Wildman–Crippen LogP) is 13.8. The molecule has 0 bridgehead atoms. The van der Waals surface area contributed by atoms with E-state index < -0.39 is 16.5 Å². The molecule has 268 valence electrons. The highest BCUT2D eigenvalue weighted by molar-refractivity contribution is 7.80. The standard InChI is InChI=1S/C38H78O4S.H3N/c1-4-7-9-11-13-15-17-19-21-23-25-27-29-31-33-37(35-36-38(6-3)42-43(39,40)41)34-32-30-28-26-24-22-20-18-16-14-12-10-8-5-2;/h37-38H,4-36H2,1-3H3,(H,39,40,41);1H3. The Hall–Kier alpha value is -0.170. The van der Waals surface area contributed by atoms with Crippen molar-refractivity contribution in [1.29, 1.82) is 0 Å². The van der Waals surface area contributed by atoms with E-state index in [4.69, 9.17) is 4.18 Å². The molecular formula is C38H81NO4S. The fraction of sp³-hybridized carbons (Fsp3) is 1.00. The maximum atomic E-state index is 11.1. The third-order valence-electron chi connectivity index (χ3n) is 9.54. The van der Waals surface area contributed by atoms with Crippen molar-refractivity contribution in [3.63, 3.8) is 0 Å². The van der Waals surface area contributed by atoms with Crippen molar-refractivity contribution >= 4 is 10.4 Å². The van der Waals surface area contributed by atoms with Gasteiger partial charge in [-0.3, -0.25) is 4.18 Å². The molecule has 1 unspecified atom stereocenters. The van der Waals surface area contributed by atoms with Crippen molar-refractivity contribution in [1.82, 2.24) is 6.15 Å². The van der Waals surface area contributed by atoms with Crippen LogP contribution in [-0.4, -0.2) is 19.1 Å². The summed E-state index contributed by atoms with van der Waals surface area (Å²) in [4.78, 5) is 0. The lowest BCUT2D eigenvalue weighted by molar-refractivity contribution is 0.154. The first-order valence-electron chi connectivity index (χ1n) is 19.6. The first-order valence-corrected chi connectivity index (χ1v) is 20.9. The van der Waals surface area contributed by atoms with Crippen molar-refractivity contribution in [2.75, 3.05) is 0 Å². The first kappa shape index (κ1) is 46.0. The third-order valence-corrected chi connectivity index (χ3v) is 10.0. The van der Waals surface area contributed by atoms with E-state index in [1.807, 2.05) is 6.92 Å². The van der Waals surface area contributed by atoms with Crippen molar-refractivity contribution in [2.24, 2.45) is 5.92 Å². The van der Waals surface area contributed by atoms with E-state index in [2.05, 4.69) is 13.8 Å². The molecule has 0 aromatic heterocycles. The van der Waals surface area contributed by atoms with E-state index in [-0.39, 0.29) is 6.15 Å². The second kappa shape index (κ2) is 35.7. The summed E-state index contributed by atoms with van der Waals surface area (Å²) in [5.41, 5.74) is 0. The average molecular weight is 648 g/mol. The van der Waals surface area contributed by atoms with Gasteiger partial charge in [0.2, 0.25) is 10.4 Å². The molecule has 0 aromatic carbocycles. The molecule has 0 aliphatic carbocycles. The fourth-order valence-electron chi connectivity index (χ4n) is 6.60. The van der Waals surface area contributed by atoms with Gasteiger partial charge in [0.15, 0.2) is 0 Å². The molecule has 0 aliphatic rings. The molecule has 4 N–H and O–H groups in total. The molecule has 0 heterocycles. The molecule has 1 atom stereocenters. The second-order valence-corrected chi connectivity index (χ2v) is 14.8. The lowest BCUT2D eigenvalue weighted by Crippen LogP contribution is -2.18. The van der Waals surface area contributed by atoms with Gasteiger partial charge in [0, 0.05) is 0 Å².